The van der Waals surface area contributed by atoms with E-state index in [1.807, 2.05) is 0 Å². The Kier molecular flexibility index (Phi) is 17.3. The largest absolute Gasteiger partial charge is 0.445 e. The minimum Gasteiger partial charge on any atom is -0.445 e. The van der Waals surface area contributed by atoms with Crippen molar-refractivity contribution in [2.24, 2.45) is 0 Å². The minimum absolute atomic E-state index is 0.574. The first-order valence-electron chi connectivity index (χ1n) is 13.7. The number of cyclic esters (lactones) is 3. The molecule has 3 atom stereocenters. The summed E-state index contributed by atoms with van der Waals surface area (Å²) >= 11 is 0. The Morgan fingerprint density at radius 1 is 0.789 bits per heavy atom. The fraction of sp³-hybridized carbons (Fsp3) is 0.778. The van der Waals surface area contributed by atoms with Gasteiger partial charge in [-0.3, -0.25) is 0 Å². The second-order valence-corrected chi connectivity index (χ2v) is 9.37. The van der Waals surface area contributed by atoms with E-state index in [2.05, 4.69) is 11.7 Å². The van der Waals surface area contributed by atoms with Crippen molar-refractivity contribution in [3.8, 4) is 0 Å². The summed E-state index contributed by atoms with van der Waals surface area (Å²) in [7, 11) is 0. The Labute approximate surface area is 224 Å². The quantitative estimate of drug-likeness (QED) is 0.0947. The third-order valence-electron chi connectivity index (χ3n) is 6.14. The van der Waals surface area contributed by atoms with Gasteiger partial charge >= 0.3 is 29.7 Å². The van der Waals surface area contributed by atoms with Crippen LogP contribution in [-0.4, -0.2) is 77.0 Å². The van der Waals surface area contributed by atoms with Crippen molar-refractivity contribution in [3.05, 3.63) is 12.2 Å². The van der Waals surface area contributed by atoms with E-state index in [1.165, 1.54) is 70.3 Å². The molecular weight excluding hydrogens is 500 g/mol. The monoisotopic (exact) mass is 544 g/mol. The van der Waals surface area contributed by atoms with Gasteiger partial charge in [0.25, 0.3) is 0 Å². The Morgan fingerprint density at radius 3 is 1.79 bits per heavy atom. The predicted octanol–water partition coefficient (Wildman–Crippen LogP) is 2.62. The topological polar surface area (TPSA) is 166 Å². The van der Waals surface area contributed by atoms with Gasteiger partial charge in [0.1, 0.15) is 6.61 Å². The number of rotatable bonds is 19. The second-order valence-electron chi connectivity index (χ2n) is 9.37. The van der Waals surface area contributed by atoms with Gasteiger partial charge in [0, 0.05) is 6.08 Å². The Morgan fingerprint density at radius 2 is 1.29 bits per heavy atom. The Balaban J connectivity index is 2.42. The fourth-order valence-corrected chi connectivity index (χ4v) is 3.87. The molecule has 1 heterocycles. The number of ether oxygens (including phenoxy) is 4. The van der Waals surface area contributed by atoms with Crippen LogP contribution in [0.3, 0.4) is 0 Å². The molecule has 0 saturated carbocycles. The molecule has 3 unspecified atom stereocenters. The van der Waals surface area contributed by atoms with Crippen LogP contribution in [0.5, 0.6) is 0 Å². The van der Waals surface area contributed by atoms with Crippen molar-refractivity contribution in [1.29, 1.82) is 0 Å². The summed E-state index contributed by atoms with van der Waals surface area (Å²) in [6, 6.07) is 0. The Hall–Kier alpha value is -2.50. The maximum atomic E-state index is 12.5. The number of hydrogen-bond donors (Lipinski definition) is 3. The fourth-order valence-electron chi connectivity index (χ4n) is 3.87. The molecular formula is C27H44O11. The smallest absolute Gasteiger partial charge is 0.396 e. The van der Waals surface area contributed by atoms with Gasteiger partial charge in [-0.25, -0.2) is 19.2 Å². The van der Waals surface area contributed by atoms with Gasteiger partial charge in [-0.1, -0.05) is 90.0 Å². The molecule has 0 bridgehead atoms. The predicted molar refractivity (Wildman–Crippen MR) is 135 cm³/mol. The Bertz CT molecular complexity index is 749. The number of unbranched alkanes of at least 4 members (excludes halogenated alkanes) is 13. The van der Waals surface area contributed by atoms with Crippen molar-refractivity contribution < 1.29 is 53.4 Å². The standard InChI is InChI=1S/C27H44O11/c1-2-3-4-5-6-7-8-9-10-11-12-13-14-15-16-17-23(31)37-27(20-30)26(34)36-21(18-28)24(32)35-22(19-29)25(33)38-27/h16-17,21-22,28-30H,2-15,18-20H2,1H3/b17-16+. The molecule has 11 nitrogen and oxygen atoms in total. The van der Waals surface area contributed by atoms with Crippen LogP contribution in [0.2, 0.25) is 0 Å². The van der Waals surface area contributed by atoms with E-state index in [9.17, 15) is 34.5 Å². The highest BCUT2D eigenvalue weighted by Gasteiger charge is 2.52. The zero-order valence-corrected chi connectivity index (χ0v) is 22.4. The third kappa shape index (κ3) is 12.4. The van der Waals surface area contributed by atoms with E-state index in [1.54, 1.807) is 0 Å². The summed E-state index contributed by atoms with van der Waals surface area (Å²) in [5, 5.41) is 28.3. The lowest BCUT2D eigenvalue weighted by Gasteiger charge is -2.28. The first-order chi connectivity index (χ1) is 18.3. The van der Waals surface area contributed by atoms with Gasteiger partial charge in [0.15, 0.2) is 0 Å². The molecule has 0 aromatic carbocycles. The van der Waals surface area contributed by atoms with Crippen LogP contribution in [0.1, 0.15) is 96.8 Å². The highest BCUT2D eigenvalue weighted by molar-refractivity contribution is 5.92. The molecule has 0 aliphatic carbocycles. The molecule has 0 aromatic rings. The summed E-state index contributed by atoms with van der Waals surface area (Å²) in [6.45, 7) is -1.15. The molecule has 0 amide bonds. The van der Waals surface area contributed by atoms with Gasteiger partial charge in [0.05, 0.1) is 13.2 Å². The molecule has 1 aliphatic rings. The number of allylic oxidation sites excluding steroid dienone is 1. The lowest BCUT2D eigenvalue weighted by molar-refractivity contribution is -0.249. The number of aliphatic hydroxyl groups excluding tert-OH is 3. The average molecular weight is 545 g/mol. The average Bonchev–Trinajstić information content (AvgIpc) is 2.94. The van der Waals surface area contributed by atoms with Crippen molar-refractivity contribution in [2.45, 2.75) is 115 Å². The van der Waals surface area contributed by atoms with Gasteiger partial charge < -0.3 is 34.3 Å². The summed E-state index contributed by atoms with van der Waals surface area (Å²) in [6.07, 6.45) is 15.2. The number of esters is 4. The van der Waals surface area contributed by atoms with E-state index < -0.39 is 61.7 Å². The lowest BCUT2D eigenvalue weighted by atomic mass is 10.0. The molecule has 1 aliphatic heterocycles. The van der Waals surface area contributed by atoms with Gasteiger partial charge in [-0.15, -0.1) is 0 Å². The molecule has 1 rings (SSSR count). The molecule has 1 saturated heterocycles. The van der Waals surface area contributed by atoms with Crippen molar-refractivity contribution in [2.75, 3.05) is 19.8 Å². The van der Waals surface area contributed by atoms with Gasteiger partial charge in [-0.05, 0) is 12.8 Å². The van der Waals surface area contributed by atoms with Crippen molar-refractivity contribution in [1.82, 2.24) is 0 Å². The summed E-state index contributed by atoms with van der Waals surface area (Å²) in [5.41, 5.74) is 0. The number of carbonyl (C=O) groups excluding carboxylic acids is 4. The van der Waals surface area contributed by atoms with E-state index in [0.29, 0.717) is 6.42 Å². The summed E-state index contributed by atoms with van der Waals surface area (Å²) in [4.78, 5) is 49.0. The molecule has 38 heavy (non-hydrogen) atoms. The zero-order chi connectivity index (χ0) is 28.2. The normalized spacial score (nSPS) is 22.3. The molecule has 0 aromatic heterocycles. The minimum atomic E-state index is -2.94. The van der Waals surface area contributed by atoms with E-state index >= 15 is 0 Å². The summed E-state index contributed by atoms with van der Waals surface area (Å²) in [5.74, 6) is -8.42. The van der Waals surface area contributed by atoms with Crippen LogP contribution in [0.4, 0.5) is 0 Å². The molecule has 11 heteroatoms. The van der Waals surface area contributed by atoms with Crippen LogP contribution in [0, 0.1) is 0 Å². The van der Waals surface area contributed by atoms with Crippen molar-refractivity contribution >= 4 is 23.9 Å². The van der Waals surface area contributed by atoms with E-state index in [4.69, 9.17) is 14.2 Å². The molecule has 1 fully saturated rings. The first kappa shape index (κ1) is 33.5. The number of carbonyl (C=O) groups is 4. The highest BCUT2D eigenvalue weighted by atomic mass is 16.8. The molecule has 0 radical (unpaired) electrons. The first-order valence-corrected chi connectivity index (χ1v) is 13.7. The third-order valence-corrected chi connectivity index (χ3v) is 6.14. The van der Waals surface area contributed by atoms with Crippen LogP contribution in [-0.2, 0) is 38.1 Å². The second kappa shape index (κ2) is 19.6. The summed E-state index contributed by atoms with van der Waals surface area (Å²) < 4.78 is 19.1. The van der Waals surface area contributed by atoms with Gasteiger partial charge in [-0.2, -0.15) is 0 Å². The van der Waals surface area contributed by atoms with Crippen LogP contribution in [0.15, 0.2) is 12.2 Å². The van der Waals surface area contributed by atoms with Crippen molar-refractivity contribution in [3.63, 3.8) is 0 Å². The zero-order valence-electron chi connectivity index (χ0n) is 22.4. The van der Waals surface area contributed by atoms with E-state index in [0.717, 1.165) is 25.3 Å². The van der Waals surface area contributed by atoms with E-state index in [-0.39, 0.29) is 0 Å². The molecule has 3 N–H and O–H groups in total. The highest BCUT2D eigenvalue weighted by Crippen LogP contribution is 2.22. The lowest BCUT2D eigenvalue weighted by Crippen LogP contribution is -2.53. The molecule has 218 valence electrons. The molecule has 0 spiro atoms. The number of hydrogen-bond acceptors (Lipinski definition) is 11. The number of aliphatic hydroxyl groups is 3. The van der Waals surface area contributed by atoms with Crippen LogP contribution >= 0.6 is 0 Å². The maximum absolute atomic E-state index is 12.5. The van der Waals surface area contributed by atoms with Gasteiger partial charge in [0.2, 0.25) is 12.2 Å². The maximum Gasteiger partial charge on any atom is 0.396 e. The SMILES string of the molecule is CCCCCCCCCCCCCCC/C=C/C(=O)OC1(CO)OC(=O)C(CO)OC(=O)C(CO)OC1=O. The van der Waals surface area contributed by atoms with Crippen LogP contribution < -0.4 is 0 Å². The van der Waals surface area contributed by atoms with Crippen LogP contribution in [0.25, 0.3) is 0 Å².